The van der Waals surface area contributed by atoms with E-state index in [0.717, 1.165) is 32.1 Å². The zero-order chi connectivity index (χ0) is 20.2. The Morgan fingerprint density at radius 1 is 1.00 bits per heavy atom. The number of carboxylic acids is 1. The van der Waals surface area contributed by atoms with Crippen LogP contribution in [0.15, 0.2) is 60.8 Å². The van der Waals surface area contributed by atoms with Gasteiger partial charge in [0.25, 0.3) is 0 Å². The number of hydrogen-bond donors (Lipinski definition) is 2. The topological polar surface area (TPSA) is 66.8 Å². The van der Waals surface area contributed by atoms with Crippen LogP contribution in [0.3, 0.4) is 0 Å². The molecule has 2 unspecified atom stereocenters. The highest BCUT2D eigenvalue weighted by atomic mass is 16.5. The third-order valence-electron chi connectivity index (χ3n) is 3.90. The summed E-state index contributed by atoms with van der Waals surface area (Å²) in [7, 11) is 1.69. The van der Waals surface area contributed by atoms with E-state index in [1.54, 1.807) is 7.11 Å². The molecule has 0 aliphatic heterocycles. The molecule has 0 aromatic heterocycles. The Balaban J connectivity index is 4.00. The largest absolute Gasteiger partial charge is 0.481 e. The molecule has 0 saturated heterocycles. The molecule has 0 rings (SSSR count). The third kappa shape index (κ3) is 18.7. The lowest BCUT2D eigenvalue weighted by molar-refractivity contribution is -0.136. The highest BCUT2D eigenvalue weighted by Gasteiger charge is 1.98. The summed E-state index contributed by atoms with van der Waals surface area (Å²) in [6.45, 7) is 2.16. The van der Waals surface area contributed by atoms with Crippen LogP contribution in [-0.2, 0) is 9.53 Å². The van der Waals surface area contributed by atoms with E-state index in [-0.39, 0.29) is 18.6 Å². The smallest absolute Gasteiger partial charge is 0.303 e. The van der Waals surface area contributed by atoms with Gasteiger partial charge in [-0.3, -0.25) is 4.79 Å². The molecule has 0 aliphatic rings. The number of rotatable bonds is 16. The van der Waals surface area contributed by atoms with Gasteiger partial charge in [0.1, 0.15) is 0 Å². The molecule has 2 atom stereocenters. The van der Waals surface area contributed by atoms with E-state index in [2.05, 4.69) is 19.1 Å². The number of methoxy groups -OCH3 is 1. The van der Waals surface area contributed by atoms with Crippen LogP contribution in [0.25, 0.3) is 0 Å². The average molecular weight is 377 g/mol. The van der Waals surface area contributed by atoms with Gasteiger partial charge in [0, 0.05) is 13.5 Å². The Morgan fingerprint density at radius 3 is 2.37 bits per heavy atom. The van der Waals surface area contributed by atoms with Gasteiger partial charge in [-0.2, -0.15) is 0 Å². The number of aliphatic carboxylic acids is 1. The second kappa shape index (κ2) is 18.9. The number of unbranched alkanes of at least 4 members (excludes halogenated alkanes) is 2. The van der Waals surface area contributed by atoms with Gasteiger partial charge < -0.3 is 14.9 Å². The van der Waals surface area contributed by atoms with Crippen LogP contribution in [-0.4, -0.2) is 35.5 Å². The maximum absolute atomic E-state index is 10.4. The molecule has 4 nitrogen and oxygen atoms in total. The summed E-state index contributed by atoms with van der Waals surface area (Å²) in [6, 6.07) is 0. The van der Waals surface area contributed by atoms with E-state index in [1.165, 1.54) is 6.42 Å². The Bertz CT molecular complexity index is 501. The number of ether oxygens (including phenoxy) is 1. The lowest BCUT2D eigenvalue weighted by atomic mass is 10.1. The molecule has 0 aromatic carbocycles. The summed E-state index contributed by atoms with van der Waals surface area (Å²) >= 11 is 0. The van der Waals surface area contributed by atoms with Crippen molar-refractivity contribution < 1.29 is 19.7 Å². The number of hydrogen-bond acceptors (Lipinski definition) is 3. The number of carbonyl (C=O) groups is 1. The molecule has 0 radical (unpaired) electrons. The van der Waals surface area contributed by atoms with Crippen molar-refractivity contribution in [2.45, 2.75) is 70.5 Å². The minimum atomic E-state index is -0.766. The molecule has 0 amide bonds. The standard InChI is InChI=1S/C23H36O4/c1-3-4-11-16-21(24)17-12-9-10-14-19-22(27-2)18-13-7-5-6-8-15-20-23(25)26/h6-10,12-14,17,19,21-22,24H,3-5,11,15-16,18,20H2,1-2H3,(H,25,26)/b8-6-,10-9-,13-7-,17-12+,19-14-. The van der Waals surface area contributed by atoms with E-state index >= 15 is 0 Å². The van der Waals surface area contributed by atoms with Crippen molar-refractivity contribution in [2.75, 3.05) is 7.11 Å². The molecule has 0 saturated carbocycles. The molecular formula is C23H36O4. The van der Waals surface area contributed by atoms with Crippen molar-refractivity contribution in [1.82, 2.24) is 0 Å². The van der Waals surface area contributed by atoms with E-state index in [1.807, 2.05) is 48.6 Å². The van der Waals surface area contributed by atoms with Crippen molar-refractivity contribution in [3.05, 3.63) is 60.8 Å². The molecule has 0 heterocycles. The van der Waals surface area contributed by atoms with Gasteiger partial charge in [0.05, 0.1) is 12.2 Å². The molecule has 0 spiro atoms. The fraction of sp³-hybridized carbons (Fsp3) is 0.522. The number of aliphatic hydroxyl groups excluding tert-OH is 1. The fourth-order valence-corrected chi connectivity index (χ4v) is 2.29. The fourth-order valence-electron chi connectivity index (χ4n) is 2.29. The maximum atomic E-state index is 10.4. The Kier molecular flexibility index (Phi) is 17.5. The summed E-state index contributed by atoms with van der Waals surface area (Å²) in [5.41, 5.74) is 0. The maximum Gasteiger partial charge on any atom is 0.303 e. The van der Waals surface area contributed by atoms with Crippen molar-refractivity contribution in [2.24, 2.45) is 0 Å². The summed E-state index contributed by atoms with van der Waals surface area (Å²) in [4.78, 5) is 10.4. The lowest BCUT2D eigenvalue weighted by Gasteiger charge is -2.06. The van der Waals surface area contributed by atoms with Crippen LogP contribution in [0.1, 0.15) is 58.3 Å². The molecule has 152 valence electrons. The molecule has 2 N–H and O–H groups in total. The van der Waals surface area contributed by atoms with E-state index in [9.17, 15) is 9.90 Å². The van der Waals surface area contributed by atoms with Gasteiger partial charge in [-0.15, -0.1) is 0 Å². The van der Waals surface area contributed by atoms with Crippen molar-refractivity contribution in [3.63, 3.8) is 0 Å². The first kappa shape index (κ1) is 25.1. The Morgan fingerprint density at radius 2 is 1.70 bits per heavy atom. The second-order valence-electron chi connectivity index (χ2n) is 6.34. The van der Waals surface area contributed by atoms with Gasteiger partial charge in [-0.05, 0) is 25.7 Å². The average Bonchev–Trinajstić information content (AvgIpc) is 2.64. The van der Waals surface area contributed by atoms with E-state index < -0.39 is 5.97 Å². The van der Waals surface area contributed by atoms with Crippen LogP contribution in [0.4, 0.5) is 0 Å². The summed E-state index contributed by atoms with van der Waals surface area (Å²) in [5.74, 6) is -0.766. The number of allylic oxidation sites excluding steroid dienone is 7. The minimum Gasteiger partial charge on any atom is -0.481 e. The van der Waals surface area contributed by atoms with Crippen LogP contribution in [0.5, 0.6) is 0 Å². The Labute approximate surface area is 164 Å². The molecule has 0 fully saturated rings. The van der Waals surface area contributed by atoms with Gasteiger partial charge in [0.2, 0.25) is 0 Å². The molecule has 27 heavy (non-hydrogen) atoms. The molecule has 0 aliphatic carbocycles. The predicted octanol–water partition coefficient (Wildman–Crippen LogP) is 5.37. The monoisotopic (exact) mass is 376 g/mol. The van der Waals surface area contributed by atoms with Gasteiger partial charge in [-0.25, -0.2) is 0 Å². The van der Waals surface area contributed by atoms with Crippen molar-refractivity contribution >= 4 is 5.97 Å². The minimum absolute atomic E-state index is 0.0190. The Hall–Kier alpha value is -1.91. The molecule has 0 aromatic rings. The van der Waals surface area contributed by atoms with Crippen molar-refractivity contribution in [3.8, 4) is 0 Å². The summed E-state index contributed by atoms with van der Waals surface area (Å²) < 4.78 is 5.41. The first-order chi connectivity index (χ1) is 13.1. The molecule has 0 bridgehead atoms. The predicted molar refractivity (Wildman–Crippen MR) is 113 cm³/mol. The first-order valence-corrected chi connectivity index (χ1v) is 9.84. The third-order valence-corrected chi connectivity index (χ3v) is 3.90. The highest BCUT2D eigenvalue weighted by Crippen LogP contribution is 2.05. The zero-order valence-corrected chi connectivity index (χ0v) is 16.8. The van der Waals surface area contributed by atoms with Crippen LogP contribution >= 0.6 is 0 Å². The second-order valence-corrected chi connectivity index (χ2v) is 6.34. The molecule has 4 heteroatoms. The van der Waals surface area contributed by atoms with E-state index in [4.69, 9.17) is 9.84 Å². The van der Waals surface area contributed by atoms with Gasteiger partial charge >= 0.3 is 5.97 Å². The van der Waals surface area contributed by atoms with Crippen LogP contribution in [0.2, 0.25) is 0 Å². The lowest BCUT2D eigenvalue weighted by Crippen LogP contribution is -2.04. The van der Waals surface area contributed by atoms with Gasteiger partial charge in [0.15, 0.2) is 0 Å². The number of carboxylic acid groups (broad SMARTS) is 1. The van der Waals surface area contributed by atoms with Crippen LogP contribution in [0, 0.1) is 0 Å². The van der Waals surface area contributed by atoms with Gasteiger partial charge in [-0.1, -0.05) is 86.9 Å². The first-order valence-electron chi connectivity index (χ1n) is 9.84. The highest BCUT2D eigenvalue weighted by molar-refractivity contribution is 5.66. The molecular weight excluding hydrogens is 340 g/mol. The van der Waals surface area contributed by atoms with Crippen molar-refractivity contribution in [1.29, 1.82) is 0 Å². The van der Waals surface area contributed by atoms with Crippen LogP contribution < -0.4 is 0 Å². The summed E-state index contributed by atoms with van der Waals surface area (Å²) in [5, 5.41) is 18.3. The quantitative estimate of drug-likeness (QED) is 0.216. The van der Waals surface area contributed by atoms with E-state index in [0.29, 0.717) is 6.42 Å². The number of aliphatic hydroxyl groups is 1. The SMILES string of the molecule is CCCCCC(O)/C=C/C=C\C=C/C(C/C=C\C/C=C\CCC(=O)O)OC. The zero-order valence-electron chi connectivity index (χ0n) is 16.8. The normalized spacial score (nSPS) is 15.1. The summed E-state index contributed by atoms with van der Waals surface area (Å²) in [6.07, 6.45) is 25.7.